The molecule has 0 radical (unpaired) electrons. The van der Waals surface area contributed by atoms with Gasteiger partial charge in [-0.25, -0.2) is 4.39 Å². The van der Waals surface area contributed by atoms with Crippen LogP contribution in [0.4, 0.5) is 4.39 Å². The Labute approximate surface area is 187 Å². The highest BCUT2D eigenvalue weighted by atomic mass is 31.2. The van der Waals surface area contributed by atoms with Gasteiger partial charge >= 0.3 is 0 Å². The zero-order chi connectivity index (χ0) is 22.0. The number of nitrogens with zero attached hydrogens (tertiary/aromatic N) is 3. The summed E-state index contributed by atoms with van der Waals surface area (Å²) in [6.45, 7) is 2.26. The van der Waals surface area contributed by atoms with Crippen LogP contribution in [0.3, 0.4) is 0 Å². The first kappa shape index (κ1) is 21.0. The number of aromatic nitrogens is 2. The highest BCUT2D eigenvalue weighted by molar-refractivity contribution is 7.71. The van der Waals surface area contributed by atoms with Crippen LogP contribution >= 0.6 is 7.14 Å². The topological polar surface area (TPSA) is 46.1 Å². The van der Waals surface area contributed by atoms with Gasteiger partial charge in [0.2, 0.25) is 0 Å². The van der Waals surface area contributed by atoms with Crippen molar-refractivity contribution >= 4 is 23.2 Å². The summed E-state index contributed by atoms with van der Waals surface area (Å²) in [7, 11) is -2.78. The molecular weight excluding hydrogens is 420 g/mol. The Hall–Kier alpha value is -2.88. The summed E-state index contributed by atoms with van der Waals surface area (Å²) < 4.78 is 28.6. The lowest BCUT2D eigenvalue weighted by molar-refractivity contribution is 0.288. The minimum absolute atomic E-state index is 0.363. The molecule has 0 N–H and O–H groups in total. The monoisotopic (exact) mass is 445 g/mol. The molecule has 0 aliphatic carbocycles. The van der Waals surface area contributed by atoms with Crippen LogP contribution in [0.1, 0.15) is 16.8 Å². The van der Waals surface area contributed by atoms with Crippen molar-refractivity contribution in [1.82, 2.24) is 15.1 Å². The van der Waals surface area contributed by atoms with Gasteiger partial charge in [-0.15, -0.1) is 0 Å². The van der Waals surface area contributed by atoms with Crippen molar-refractivity contribution in [1.29, 1.82) is 0 Å². The molecule has 0 saturated carbocycles. The maximum atomic E-state index is 14.8. The van der Waals surface area contributed by atoms with Gasteiger partial charge in [0.05, 0.1) is 11.9 Å². The third kappa shape index (κ3) is 4.36. The molecule has 1 fully saturated rings. The molecule has 0 spiro atoms. The van der Waals surface area contributed by atoms with E-state index in [1.807, 2.05) is 42.5 Å². The van der Waals surface area contributed by atoms with Gasteiger partial charge in [0.1, 0.15) is 13.0 Å². The average molecular weight is 445 g/mol. The summed E-state index contributed by atoms with van der Waals surface area (Å²) in [6, 6.07) is 23.3. The van der Waals surface area contributed by atoms with Crippen molar-refractivity contribution in [2.24, 2.45) is 0 Å². The van der Waals surface area contributed by atoms with E-state index < -0.39 is 7.14 Å². The molecule has 6 heteroatoms. The van der Waals surface area contributed by atoms with E-state index in [1.54, 1.807) is 18.3 Å². The minimum atomic E-state index is -2.78. The molecule has 4 aromatic rings. The maximum Gasteiger partial charge on any atom is 0.133 e. The smallest absolute Gasteiger partial charge is 0.133 e. The van der Waals surface area contributed by atoms with E-state index in [-0.39, 0.29) is 5.82 Å². The maximum absolute atomic E-state index is 14.8. The number of fused-ring (bicyclic) bond motifs is 1. The second-order valence-corrected chi connectivity index (χ2v) is 11.6. The predicted molar refractivity (Wildman–Crippen MR) is 127 cm³/mol. The van der Waals surface area contributed by atoms with Crippen LogP contribution in [0.5, 0.6) is 0 Å². The van der Waals surface area contributed by atoms with E-state index in [0.717, 1.165) is 28.6 Å². The van der Waals surface area contributed by atoms with Gasteiger partial charge in [0.25, 0.3) is 0 Å². The van der Waals surface area contributed by atoms with Crippen LogP contribution in [-0.4, -0.2) is 40.5 Å². The number of hydrogen-bond donors (Lipinski definition) is 0. The SMILES string of the molecule is O=P1(c2cc(Cc3nncc4ccccc34)ccc2F)CCN(Cc2ccccc2)CC1. The van der Waals surface area contributed by atoms with Crippen molar-refractivity contribution in [3.8, 4) is 0 Å². The zero-order valence-electron chi connectivity index (χ0n) is 17.8. The quantitative estimate of drug-likeness (QED) is 0.412. The summed E-state index contributed by atoms with van der Waals surface area (Å²) >= 11 is 0. The Morgan fingerprint density at radius 1 is 0.906 bits per heavy atom. The lowest BCUT2D eigenvalue weighted by Crippen LogP contribution is -2.37. The third-order valence-electron chi connectivity index (χ3n) is 6.27. The molecular formula is C26H25FN3OP. The molecule has 3 aromatic carbocycles. The van der Waals surface area contributed by atoms with E-state index in [4.69, 9.17) is 0 Å². The van der Waals surface area contributed by atoms with Gasteiger partial charge in [-0.3, -0.25) is 4.90 Å². The van der Waals surface area contributed by atoms with Crippen LogP contribution in [0.15, 0.2) is 79.0 Å². The number of rotatable bonds is 5. The Bertz CT molecular complexity index is 1280. The summed E-state index contributed by atoms with van der Waals surface area (Å²) in [6.07, 6.45) is 3.29. The van der Waals surface area contributed by atoms with E-state index >= 15 is 0 Å². The first-order chi connectivity index (χ1) is 15.6. The normalized spacial score (nSPS) is 16.3. The minimum Gasteiger partial charge on any atom is -0.318 e. The fourth-order valence-electron chi connectivity index (χ4n) is 4.46. The molecule has 1 aromatic heterocycles. The molecule has 1 aliphatic heterocycles. The molecule has 0 unspecified atom stereocenters. The number of halogens is 1. The molecule has 162 valence electrons. The summed E-state index contributed by atoms with van der Waals surface area (Å²) in [5, 5.41) is 10.9. The average Bonchev–Trinajstić information content (AvgIpc) is 2.83. The zero-order valence-corrected chi connectivity index (χ0v) is 18.7. The summed E-state index contributed by atoms with van der Waals surface area (Å²) in [5.41, 5.74) is 3.00. The fourth-order valence-corrected chi connectivity index (χ4v) is 7.24. The Morgan fingerprint density at radius 2 is 1.66 bits per heavy atom. The predicted octanol–water partition coefficient (Wildman–Crippen LogP) is 4.86. The molecule has 0 amide bonds. The van der Waals surface area contributed by atoms with Crippen LogP contribution in [0.2, 0.25) is 0 Å². The van der Waals surface area contributed by atoms with Crippen LogP contribution < -0.4 is 5.30 Å². The van der Waals surface area contributed by atoms with Gasteiger partial charge < -0.3 is 4.57 Å². The van der Waals surface area contributed by atoms with E-state index in [9.17, 15) is 8.96 Å². The van der Waals surface area contributed by atoms with Gasteiger partial charge in [-0.05, 0) is 23.3 Å². The molecule has 32 heavy (non-hydrogen) atoms. The first-order valence-electron chi connectivity index (χ1n) is 10.9. The molecule has 5 rings (SSSR count). The Morgan fingerprint density at radius 3 is 2.47 bits per heavy atom. The molecule has 4 nitrogen and oxygen atoms in total. The number of benzene rings is 3. The highest BCUT2D eigenvalue weighted by Crippen LogP contribution is 2.47. The largest absolute Gasteiger partial charge is 0.318 e. The van der Waals surface area contributed by atoms with Crippen molar-refractivity contribution in [3.05, 3.63) is 102 Å². The van der Waals surface area contributed by atoms with Crippen molar-refractivity contribution in [3.63, 3.8) is 0 Å². The second-order valence-electron chi connectivity index (χ2n) is 8.44. The molecule has 2 heterocycles. The first-order valence-corrected chi connectivity index (χ1v) is 13.0. The summed E-state index contributed by atoms with van der Waals surface area (Å²) in [5.74, 6) is -0.363. The third-order valence-corrected chi connectivity index (χ3v) is 9.34. The molecule has 0 bridgehead atoms. The van der Waals surface area contributed by atoms with Crippen molar-refractivity contribution in [2.45, 2.75) is 13.0 Å². The van der Waals surface area contributed by atoms with Crippen molar-refractivity contribution in [2.75, 3.05) is 25.4 Å². The van der Waals surface area contributed by atoms with Crippen LogP contribution in [0.25, 0.3) is 10.8 Å². The molecule has 1 saturated heterocycles. The lowest BCUT2D eigenvalue weighted by Gasteiger charge is -2.32. The van der Waals surface area contributed by atoms with Gasteiger partial charge in [-0.1, -0.05) is 60.7 Å². The Kier molecular flexibility index (Phi) is 5.86. The van der Waals surface area contributed by atoms with Gasteiger partial charge in [0, 0.05) is 54.5 Å². The fraction of sp³-hybridized carbons (Fsp3) is 0.231. The van der Waals surface area contributed by atoms with E-state index in [0.29, 0.717) is 37.1 Å². The van der Waals surface area contributed by atoms with Crippen LogP contribution in [0, 0.1) is 5.82 Å². The summed E-state index contributed by atoms with van der Waals surface area (Å²) in [4.78, 5) is 2.30. The van der Waals surface area contributed by atoms with Crippen molar-refractivity contribution < 1.29 is 8.96 Å². The van der Waals surface area contributed by atoms with Gasteiger partial charge in [0.15, 0.2) is 0 Å². The Balaban J connectivity index is 1.35. The standard InChI is InChI=1S/C26H25FN3OP/c27-24-11-10-21(16-25-23-9-5-4-8-22(23)18-28-29-25)17-26(24)32(31)14-12-30(13-15-32)19-20-6-2-1-3-7-20/h1-11,17-18H,12-16,19H2. The van der Waals surface area contributed by atoms with Gasteiger partial charge in [-0.2, -0.15) is 10.2 Å². The van der Waals surface area contributed by atoms with Crippen LogP contribution in [-0.2, 0) is 17.5 Å². The van der Waals surface area contributed by atoms with E-state index in [1.165, 1.54) is 11.6 Å². The lowest BCUT2D eigenvalue weighted by atomic mass is 10.0. The van der Waals surface area contributed by atoms with E-state index in [2.05, 4.69) is 27.2 Å². The molecule has 0 atom stereocenters. The number of hydrogen-bond acceptors (Lipinski definition) is 4. The molecule has 1 aliphatic rings. The second kappa shape index (κ2) is 8.93. The highest BCUT2D eigenvalue weighted by Gasteiger charge is 2.33.